The van der Waals surface area contributed by atoms with E-state index in [1.165, 1.54) is 44.9 Å². The lowest BCUT2D eigenvalue weighted by Crippen LogP contribution is -2.51. The van der Waals surface area contributed by atoms with E-state index in [9.17, 15) is 9.59 Å². The Morgan fingerprint density at radius 1 is 0.882 bits per heavy atom. The highest BCUT2D eigenvalue weighted by Gasteiger charge is 2.45. The van der Waals surface area contributed by atoms with Gasteiger partial charge in [0, 0.05) is 12.3 Å². The van der Waals surface area contributed by atoms with Gasteiger partial charge in [-0.1, -0.05) is 32.1 Å². The molecule has 3 aliphatic rings. The zero-order valence-electron chi connectivity index (χ0n) is 10.3. The van der Waals surface area contributed by atoms with Gasteiger partial charge in [0.2, 0.25) is 11.8 Å². The van der Waals surface area contributed by atoms with Crippen molar-refractivity contribution in [3.63, 3.8) is 0 Å². The van der Waals surface area contributed by atoms with Crippen LogP contribution in [-0.2, 0) is 9.59 Å². The van der Waals surface area contributed by atoms with E-state index in [2.05, 4.69) is 5.32 Å². The maximum absolute atomic E-state index is 12.1. The quantitative estimate of drug-likeness (QED) is 0.746. The van der Waals surface area contributed by atoms with E-state index in [4.69, 9.17) is 0 Å². The minimum absolute atomic E-state index is 0.0325. The van der Waals surface area contributed by atoms with Gasteiger partial charge in [-0.15, -0.1) is 0 Å². The SMILES string of the molecule is O=C1CC(C2CCC2)C(C2CCCC2)C(=O)N1. The first-order chi connectivity index (χ1) is 8.25. The van der Waals surface area contributed by atoms with Crippen LogP contribution in [-0.4, -0.2) is 11.8 Å². The van der Waals surface area contributed by atoms with Gasteiger partial charge in [0.15, 0.2) is 0 Å². The number of nitrogens with one attached hydrogen (secondary N) is 1. The second-order valence-electron chi connectivity index (χ2n) is 6.04. The second kappa shape index (κ2) is 4.43. The molecule has 1 aliphatic heterocycles. The van der Waals surface area contributed by atoms with Crippen molar-refractivity contribution >= 4 is 11.8 Å². The van der Waals surface area contributed by atoms with Crippen molar-refractivity contribution in [3.8, 4) is 0 Å². The van der Waals surface area contributed by atoms with E-state index in [0.717, 1.165) is 0 Å². The first-order valence-electron chi connectivity index (χ1n) is 7.09. The highest BCUT2D eigenvalue weighted by molar-refractivity contribution is 5.99. The number of hydrogen-bond donors (Lipinski definition) is 1. The molecule has 0 bridgehead atoms. The Hall–Kier alpha value is -0.860. The van der Waals surface area contributed by atoms with Gasteiger partial charge in [-0.05, 0) is 30.6 Å². The number of imide groups is 1. The molecule has 2 amide bonds. The fraction of sp³-hybridized carbons (Fsp3) is 0.857. The molecule has 1 heterocycles. The molecule has 0 aromatic heterocycles. The third kappa shape index (κ3) is 2.00. The summed E-state index contributed by atoms with van der Waals surface area (Å²) in [4.78, 5) is 23.7. The zero-order valence-corrected chi connectivity index (χ0v) is 10.3. The average molecular weight is 235 g/mol. The van der Waals surface area contributed by atoms with Crippen LogP contribution in [0.1, 0.15) is 51.4 Å². The molecule has 3 nitrogen and oxygen atoms in total. The van der Waals surface area contributed by atoms with Crippen molar-refractivity contribution in [3.05, 3.63) is 0 Å². The Labute approximate surface area is 102 Å². The van der Waals surface area contributed by atoms with Gasteiger partial charge in [0.1, 0.15) is 0 Å². The Kier molecular flexibility index (Phi) is 2.93. The molecule has 17 heavy (non-hydrogen) atoms. The molecule has 3 fully saturated rings. The van der Waals surface area contributed by atoms with Crippen LogP contribution < -0.4 is 5.32 Å². The molecule has 2 saturated carbocycles. The molecule has 2 aliphatic carbocycles. The standard InChI is InChI=1S/C14H21NO2/c16-12-8-11(9-6-3-7-9)13(14(17)15-12)10-4-1-2-5-10/h9-11,13H,1-8H2,(H,15,16,17). The van der Waals surface area contributed by atoms with Crippen LogP contribution in [0.2, 0.25) is 0 Å². The van der Waals surface area contributed by atoms with Gasteiger partial charge in [0.05, 0.1) is 0 Å². The van der Waals surface area contributed by atoms with E-state index in [-0.39, 0.29) is 17.7 Å². The van der Waals surface area contributed by atoms with Crippen molar-refractivity contribution in [1.29, 1.82) is 0 Å². The summed E-state index contributed by atoms with van der Waals surface area (Å²) >= 11 is 0. The summed E-state index contributed by atoms with van der Waals surface area (Å²) in [5.74, 6) is 1.68. The number of piperidine rings is 1. The van der Waals surface area contributed by atoms with Crippen LogP contribution in [0.5, 0.6) is 0 Å². The fourth-order valence-corrected chi connectivity index (χ4v) is 4.02. The smallest absolute Gasteiger partial charge is 0.230 e. The van der Waals surface area contributed by atoms with Gasteiger partial charge in [-0.3, -0.25) is 14.9 Å². The average Bonchev–Trinajstić information content (AvgIpc) is 2.66. The summed E-state index contributed by atoms with van der Waals surface area (Å²) < 4.78 is 0. The normalized spacial score (nSPS) is 35.8. The fourth-order valence-electron chi connectivity index (χ4n) is 4.02. The zero-order chi connectivity index (χ0) is 11.8. The topological polar surface area (TPSA) is 46.2 Å². The summed E-state index contributed by atoms with van der Waals surface area (Å²) in [6.07, 6.45) is 9.25. The number of rotatable bonds is 2. The molecule has 1 N–H and O–H groups in total. The maximum Gasteiger partial charge on any atom is 0.230 e. The van der Waals surface area contributed by atoms with Crippen LogP contribution in [0.15, 0.2) is 0 Å². The predicted molar refractivity (Wildman–Crippen MR) is 64.0 cm³/mol. The summed E-state index contributed by atoms with van der Waals surface area (Å²) in [5, 5.41) is 2.56. The first kappa shape index (κ1) is 11.2. The number of carbonyl (C=O) groups excluding carboxylic acids is 2. The molecular weight excluding hydrogens is 214 g/mol. The monoisotopic (exact) mass is 235 g/mol. The third-order valence-corrected chi connectivity index (χ3v) is 5.11. The largest absolute Gasteiger partial charge is 0.296 e. The molecule has 2 atom stereocenters. The Morgan fingerprint density at radius 2 is 1.53 bits per heavy atom. The van der Waals surface area contributed by atoms with E-state index in [1.807, 2.05) is 0 Å². The molecule has 3 rings (SSSR count). The molecule has 0 aromatic carbocycles. The maximum atomic E-state index is 12.1. The van der Waals surface area contributed by atoms with Crippen molar-refractivity contribution in [2.75, 3.05) is 0 Å². The number of hydrogen-bond acceptors (Lipinski definition) is 2. The highest BCUT2D eigenvalue weighted by Crippen LogP contribution is 2.46. The third-order valence-electron chi connectivity index (χ3n) is 5.11. The van der Waals surface area contributed by atoms with Crippen LogP contribution in [0.25, 0.3) is 0 Å². The molecular formula is C14H21NO2. The van der Waals surface area contributed by atoms with Crippen molar-refractivity contribution in [1.82, 2.24) is 5.32 Å². The summed E-state index contributed by atoms with van der Waals surface area (Å²) in [5.41, 5.74) is 0. The molecule has 0 radical (unpaired) electrons. The molecule has 0 aromatic rings. The highest BCUT2D eigenvalue weighted by atomic mass is 16.2. The van der Waals surface area contributed by atoms with Gasteiger partial charge in [0.25, 0.3) is 0 Å². The number of amides is 2. The van der Waals surface area contributed by atoms with Crippen LogP contribution in [0.4, 0.5) is 0 Å². The van der Waals surface area contributed by atoms with Gasteiger partial charge in [-0.2, -0.15) is 0 Å². The van der Waals surface area contributed by atoms with E-state index < -0.39 is 0 Å². The second-order valence-corrected chi connectivity index (χ2v) is 6.04. The minimum atomic E-state index is -0.0406. The number of carbonyl (C=O) groups is 2. The van der Waals surface area contributed by atoms with Gasteiger partial charge >= 0.3 is 0 Å². The Balaban J connectivity index is 1.79. The lowest BCUT2D eigenvalue weighted by atomic mass is 9.64. The van der Waals surface area contributed by atoms with E-state index in [0.29, 0.717) is 24.2 Å². The van der Waals surface area contributed by atoms with Crippen molar-refractivity contribution in [2.45, 2.75) is 51.4 Å². The van der Waals surface area contributed by atoms with Gasteiger partial charge in [-0.25, -0.2) is 0 Å². The lowest BCUT2D eigenvalue weighted by Gasteiger charge is -2.42. The summed E-state index contributed by atoms with van der Waals surface area (Å²) in [6, 6.07) is 0. The molecule has 94 valence electrons. The van der Waals surface area contributed by atoms with Crippen LogP contribution in [0, 0.1) is 23.7 Å². The van der Waals surface area contributed by atoms with Crippen molar-refractivity contribution < 1.29 is 9.59 Å². The lowest BCUT2D eigenvalue weighted by molar-refractivity contribution is -0.143. The molecule has 1 saturated heterocycles. The van der Waals surface area contributed by atoms with E-state index in [1.54, 1.807) is 0 Å². The summed E-state index contributed by atoms with van der Waals surface area (Å²) in [7, 11) is 0. The molecule has 2 unspecified atom stereocenters. The Morgan fingerprint density at radius 3 is 2.12 bits per heavy atom. The predicted octanol–water partition coefficient (Wildman–Crippen LogP) is 2.26. The summed E-state index contributed by atoms with van der Waals surface area (Å²) in [6.45, 7) is 0. The Bertz CT molecular complexity index is 329. The molecule has 0 spiro atoms. The van der Waals surface area contributed by atoms with E-state index >= 15 is 0 Å². The minimum Gasteiger partial charge on any atom is -0.296 e. The van der Waals surface area contributed by atoms with Gasteiger partial charge < -0.3 is 0 Å². The van der Waals surface area contributed by atoms with Crippen LogP contribution >= 0.6 is 0 Å². The van der Waals surface area contributed by atoms with Crippen LogP contribution in [0.3, 0.4) is 0 Å². The first-order valence-corrected chi connectivity index (χ1v) is 7.09. The van der Waals surface area contributed by atoms with Crippen molar-refractivity contribution in [2.24, 2.45) is 23.7 Å². The molecule has 3 heteroatoms.